The molecule has 0 aliphatic carbocycles. The van der Waals surface area contributed by atoms with Gasteiger partial charge in [0, 0.05) is 57.8 Å². The van der Waals surface area contributed by atoms with Crippen molar-refractivity contribution in [3.05, 3.63) is 66.2 Å². The number of amides is 5. The van der Waals surface area contributed by atoms with Gasteiger partial charge < -0.3 is 31.3 Å². The van der Waals surface area contributed by atoms with Gasteiger partial charge in [0.2, 0.25) is 17.7 Å². The van der Waals surface area contributed by atoms with Crippen molar-refractivity contribution < 1.29 is 24.3 Å². The van der Waals surface area contributed by atoms with E-state index in [9.17, 15) is 24.3 Å². The highest BCUT2D eigenvalue weighted by molar-refractivity contribution is 5.89. The molecule has 3 saturated heterocycles. The third kappa shape index (κ3) is 9.29. The number of rotatable bonds is 3. The van der Waals surface area contributed by atoms with E-state index in [0.29, 0.717) is 45.3 Å². The van der Waals surface area contributed by atoms with Crippen LogP contribution < -0.4 is 21.3 Å². The zero-order valence-electron chi connectivity index (χ0n) is 26.7. The second kappa shape index (κ2) is 15.6. The van der Waals surface area contributed by atoms with Crippen LogP contribution in [0.15, 0.2) is 60.7 Å². The van der Waals surface area contributed by atoms with E-state index in [1.54, 1.807) is 11.8 Å². The summed E-state index contributed by atoms with van der Waals surface area (Å²) in [4.78, 5) is 56.9. The molecule has 3 aliphatic rings. The Bertz CT molecular complexity index is 1330. The number of hydrogen-bond donors (Lipinski definition) is 5. The largest absolute Gasteiger partial charge is 0.390 e. The van der Waals surface area contributed by atoms with E-state index in [1.807, 2.05) is 48.5 Å². The maximum Gasteiger partial charge on any atom is 0.321 e. The van der Waals surface area contributed by atoms with Gasteiger partial charge in [-0.05, 0) is 62.1 Å². The lowest BCUT2D eigenvalue weighted by molar-refractivity contribution is -0.130. The molecule has 0 bridgehead atoms. The number of para-hydroxylation sites is 1. The fourth-order valence-electron chi connectivity index (χ4n) is 7.04. The molecule has 5 N–H and O–H groups in total. The van der Waals surface area contributed by atoms with Gasteiger partial charge in [0.1, 0.15) is 0 Å². The summed E-state index contributed by atoms with van der Waals surface area (Å²) < 4.78 is 0. The molecule has 11 heteroatoms. The van der Waals surface area contributed by atoms with E-state index in [0.717, 1.165) is 25.3 Å². The fourth-order valence-corrected chi connectivity index (χ4v) is 7.04. The maximum atomic E-state index is 13.4. The van der Waals surface area contributed by atoms with Crippen LogP contribution in [0.4, 0.5) is 10.5 Å². The minimum Gasteiger partial charge on any atom is -0.390 e. The van der Waals surface area contributed by atoms with Crippen LogP contribution in [0.1, 0.15) is 57.4 Å². The summed E-state index contributed by atoms with van der Waals surface area (Å²) in [6.07, 6.45) is 1.64. The lowest BCUT2D eigenvalue weighted by Crippen LogP contribution is -2.58. The van der Waals surface area contributed by atoms with Crippen molar-refractivity contribution in [2.24, 2.45) is 11.8 Å². The second-order valence-corrected chi connectivity index (χ2v) is 13.3. The monoisotopic (exact) mass is 632 g/mol. The highest BCUT2D eigenvalue weighted by Gasteiger charge is 2.39. The fraction of sp³-hybridized carbons (Fsp3) is 0.543. The third-order valence-electron chi connectivity index (χ3n) is 9.81. The number of fused-ring (bicyclic) bond motifs is 1. The molecule has 11 nitrogen and oxygen atoms in total. The molecule has 248 valence electrons. The van der Waals surface area contributed by atoms with Crippen molar-refractivity contribution in [3.8, 4) is 0 Å². The molecule has 3 fully saturated rings. The molecule has 3 aliphatic heterocycles. The summed E-state index contributed by atoms with van der Waals surface area (Å²) in [7, 11) is 0. The summed E-state index contributed by atoms with van der Waals surface area (Å²) in [6.45, 7) is 5.36. The summed E-state index contributed by atoms with van der Waals surface area (Å²) in [6, 6.07) is 18.7. The first-order chi connectivity index (χ1) is 22.2. The summed E-state index contributed by atoms with van der Waals surface area (Å²) in [5.74, 6) is -0.641. The van der Waals surface area contributed by atoms with E-state index >= 15 is 0 Å². The van der Waals surface area contributed by atoms with Crippen LogP contribution in [-0.2, 0) is 20.9 Å². The standard InChI is InChI=1S/C35H48N6O5/c1-25-30(42)21-32(44)39-35(14-18-40(19-15-35)23-26-8-4-2-5-9-26)22-33(45)36-16-12-28-24-41(17-13-27(28)20-31(43)37-25)34(46)38-29-10-6-3-7-11-29/h2-11,25,27-28,30,42H,12-24H2,1H3,(H,36,45)(H,37,43)(H,38,46)(H,39,44)/t25-,27-,28-,30-/m0/s1. The number of hydrogen-bond acceptors (Lipinski definition) is 6. The predicted octanol–water partition coefficient (Wildman–Crippen LogP) is 2.86. The predicted molar refractivity (Wildman–Crippen MR) is 176 cm³/mol. The smallest absolute Gasteiger partial charge is 0.321 e. The number of nitrogens with zero attached hydrogens (tertiary/aromatic N) is 2. The first kappa shape index (κ1) is 33.4. The van der Waals surface area contributed by atoms with Gasteiger partial charge in [-0.2, -0.15) is 0 Å². The summed E-state index contributed by atoms with van der Waals surface area (Å²) >= 11 is 0. The zero-order valence-corrected chi connectivity index (χ0v) is 26.7. The van der Waals surface area contributed by atoms with Gasteiger partial charge in [-0.15, -0.1) is 0 Å². The van der Waals surface area contributed by atoms with Crippen molar-refractivity contribution >= 4 is 29.4 Å². The van der Waals surface area contributed by atoms with Crippen molar-refractivity contribution in [2.45, 2.75) is 76.1 Å². The van der Waals surface area contributed by atoms with E-state index in [1.165, 1.54) is 5.56 Å². The Morgan fingerprint density at radius 1 is 0.891 bits per heavy atom. The quantitative estimate of drug-likeness (QED) is 0.352. The summed E-state index contributed by atoms with van der Waals surface area (Å²) in [5.41, 5.74) is 1.21. The van der Waals surface area contributed by atoms with Crippen molar-refractivity contribution in [1.82, 2.24) is 25.8 Å². The number of piperidine rings is 2. The molecule has 0 unspecified atom stereocenters. The Morgan fingerprint density at radius 3 is 2.30 bits per heavy atom. The van der Waals surface area contributed by atoms with E-state index in [-0.39, 0.29) is 54.9 Å². The van der Waals surface area contributed by atoms with Crippen LogP contribution in [0.2, 0.25) is 0 Å². The van der Waals surface area contributed by atoms with Gasteiger partial charge in [-0.3, -0.25) is 19.3 Å². The molecule has 0 saturated carbocycles. The molecule has 5 rings (SSSR count). The lowest BCUT2D eigenvalue weighted by Gasteiger charge is -2.42. The molecule has 5 amide bonds. The highest BCUT2D eigenvalue weighted by Crippen LogP contribution is 2.31. The Morgan fingerprint density at radius 2 is 1.59 bits per heavy atom. The molecule has 2 aromatic carbocycles. The number of carbonyl (C=O) groups excluding carboxylic acids is 4. The zero-order chi connectivity index (χ0) is 32.5. The topological polar surface area (TPSA) is 143 Å². The van der Waals surface area contributed by atoms with Crippen molar-refractivity contribution in [2.75, 3.05) is 38.0 Å². The number of aliphatic hydroxyl groups is 1. The van der Waals surface area contributed by atoms with Crippen LogP contribution in [0, 0.1) is 11.8 Å². The number of carbonyl (C=O) groups is 4. The minimum atomic E-state index is -1.07. The Labute approximate surface area is 271 Å². The number of urea groups is 1. The lowest BCUT2D eigenvalue weighted by atomic mass is 9.80. The normalized spacial score (nSPS) is 26.7. The first-order valence-corrected chi connectivity index (χ1v) is 16.6. The van der Waals surface area contributed by atoms with Crippen molar-refractivity contribution in [3.63, 3.8) is 0 Å². The van der Waals surface area contributed by atoms with E-state index in [4.69, 9.17) is 0 Å². The van der Waals surface area contributed by atoms with Gasteiger partial charge in [-0.1, -0.05) is 48.5 Å². The maximum absolute atomic E-state index is 13.4. The van der Waals surface area contributed by atoms with Crippen molar-refractivity contribution in [1.29, 1.82) is 0 Å². The Kier molecular flexibility index (Phi) is 11.3. The van der Waals surface area contributed by atoms with Crippen LogP contribution in [0.5, 0.6) is 0 Å². The van der Waals surface area contributed by atoms with Crippen LogP contribution >= 0.6 is 0 Å². The minimum absolute atomic E-state index is 0.00403. The van der Waals surface area contributed by atoms with Gasteiger partial charge in [0.15, 0.2) is 0 Å². The molecule has 4 atom stereocenters. The number of benzene rings is 2. The Hall–Kier alpha value is -3.96. The van der Waals surface area contributed by atoms with Crippen LogP contribution in [0.25, 0.3) is 0 Å². The third-order valence-corrected chi connectivity index (χ3v) is 9.81. The second-order valence-electron chi connectivity index (χ2n) is 13.3. The van der Waals surface area contributed by atoms with Crippen LogP contribution in [-0.4, -0.2) is 89.1 Å². The van der Waals surface area contributed by atoms with Gasteiger partial charge in [0.25, 0.3) is 0 Å². The molecule has 1 spiro atoms. The highest BCUT2D eigenvalue weighted by atomic mass is 16.3. The first-order valence-electron chi connectivity index (χ1n) is 16.6. The van der Waals surface area contributed by atoms with Gasteiger partial charge >= 0.3 is 6.03 Å². The van der Waals surface area contributed by atoms with Gasteiger partial charge in [0.05, 0.1) is 24.1 Å². The number of likely N-dealkylation sites (tertiary alicyclic amines) is 2. The molecule has 3 heterocycles. The van der Waals surface area contributed by atoms with E-state index in [2.05, 4.69) is 38.3 Å². The van der Waals surface area contributed by atoms with E-state index < -0.39 is 17.7 Å². The number of anilines is 1. The molecule has 46 heavy (non-hydrogen) atoms. The van der Waals surface area contributed by atoms with Crippen LogP contribution in [0.3, 0.4) is 0 Å². The number of nitrogens with one attached hydrogen (secondary N) is 4. The Balaban J connectivity index is 1.26. The average molecular weight is 633 g/mol. The average Bonchev–Trinajstić information content (AvgIpc) is 3.03. The van der Waals surface area contributed by atoms with Gasteiger partial charge in [-0.25, -0.2) is 4.79 Å². The molecule has 2 aromatic rings. The summed E-state index contributed by atoms with van der Waals surface area (Å²) in [5, 5.41) is 22.9. The molecular weight excluding hydrogens is 584 g/mol. The molecule has 0 radical (unpaired) electrons. The molecular formula is C35H48N6O5. The number of aliphatic hydroxyl groups excluding tert-OH is 1. The SMILES string of the molecule is C[C@@H]1NC(=O)C[C@@H]2CCN(C(=O)Nc3ccccc3)C[C@@H]2CCNC(=O)CC2(CCN(Cc3ccccc3)CC2)NC(=O)C[C@@H]1O. The molecule has 0 aromatic heterocycles.